The molecule has 0 saturated carbocycles. The van der Waals surface area contributed by atoms with Crippen LogP contribution in [0.25, 0.3) is 16.6 Å². The van der Waals surface area contributed by atoms with Crippen molar-refractivity contribution in [3.63, 3.8) is 0 Å². The third kappa shape index (κ3) is 3.04. The lowest BCUT2D eigenvalue weighted by molar-refractivity contribution is -0.143. The molecule has 0 amide bonds. The standard InChI is InChI=1S/C16H11F4N3O2/c1-2-25-15(24)11-8-22-23(14(11)16(18,19)20)13-5-3-4-12-10(13)6-9(17)7-21-12/h3-8H,2H2,1H3. The molecule has 3 aromatic rings. The topological polar surface area (TPSA) is 57.0 Å². The molecule has 0 bridgehead atoms. The summed E-state index contributed by atoms with van der Waals surface area (Å²) >= 11 is 0. The molecule has 0 atom stereocenters. The number of ether oxygens (including phenoxy) is 1. The van der Waals surface area contributed by atoms with Gasteiger partial charge < -0.3 is 4.74 Å². The van der Waals surface area contributed by atoms with Gasteiger partial charge in [0.25, 0.3) is 0 Å². The number of aromatic nitrogens is 3. The van der Waals surface area contributed by atoms with Gasteiger partial charge in [-0.1, -0.05) is 6.07 Å². The van der Waals surface area contributed by atoms with Crippen LogP contribution in [0.5, 0.6) is 0 Å². The first-order valence-electron chi connectivity index (χ1n) is 7.20. The van der Waals surface area contributed by atoms with Gasteiger partial charge in [0, 0.05) is 5.39 Å². The van der Waals surface area contributed by atoms with Gasteiger partial charge in [-0.3, -0.25) is 4.98 Å². The predicted molar refractivity (Wildman–Crippen MR) is 79.8 cm³/mol. The number of esters is 1. The van der Waals surface area contributed by atoms with Crippen molar-refractivity contribution in [1.29, 1.82) is 0 Å². The lowest BCUT2D eigenvalue weighted by Crippen LogP contribution is -2.18. The number of hydrogen-bond donors (Lipinski definition) is 0. The average molecular weight is 353 g/mol. The maximum absolute atomic E-state index is 13.5. The van der Waals surface area contributed by atoms with E-state index in [1.807, 2.05) is 0 Å². The molecule has 0 aliphatic heterocycles. The normalized spacial score (nSPS) is 11.7. The van der Waals surface area contributed by atoms with E-state index in [4.69, 9.17) is 0 Å². The van der Waals surface area contributed by atoms with Crippen LogP contribution in [0.4, 0.5) is 17.6 Å². The van der Waals surface area contributed by atoms with E-state index in [0.717, 1.165) is 18.5 Å². The molecular weight excluding hydrogens is 342 g/mol. The number of carbonyl (C=O) groups is 1. The Morgan fingerprint density at radius 3 is 2.72 bits per heavy atom. The average Bonchev–Trinajstić information content (AvgIpc) is 2.99. The largest absolute Gasteiger partial charge is 0.462 e. The SMILES string of the molecule is CCOC(=O)c1cnn(-c2cccc3ncc(F)cc23)c1C(F)(F)F. The molecule has 1 aromatic carbocycles. The van der Waals surface area contributed by atoms with Crippen LogP contribution in [-0.4, -0.2) is 27.3 Å². The van der Waals surface area contributed by atoms with Crippen LogP contribution in [0.2, 0.25) is 0 Å². The van der Waals surface area contributed by atoms with Gasteiger partial charge in [0.1, 0.15) is 11.4 Å². The molecule has 0 radical (unpaired) electrons. The maximum atomic E-state index is 13.5. The Morgan fingerprint density at radius 2 is 2.04 bits per heavy atom. The van der Waals surface area contributed by atoms with Crippen molar-refractivity contribution in [2.24, 2.45) is 0 Å². The summed E-state index contributed by atoms with van der Waals surface area (Å²) in [4.78, 5) is 15.7. The lowest BCUT2D eigenvalue weighted by atomic mass is 10.1. The van der Waals surface area contributed by atoms with Crippen molar-refractivity contribution < 1.29 is 27.1 Å². The molecule has 0 spiro atoms. The third-order valence-electron chi connectivity index (χ3n) is 3.43. The number of rotatable bonds is 3. The molecule has 0 aliphatic carbocycles. The molecule has 25 heavy (non-hydrogen) atoms. The van der Waals surface area contributed by atoms with Crippen molar-refractivity contribution in [1.82, 2.24) is 14.8 Å². The summed E-state index contributed by atoms with van der Waals surface area (Å²) in [6.07, 6.45) is -3.13. The van der Waals surface area contributed by atoms with Gasteiger partial charge >= 0.3 is 12.1 Å². The van der Waals surface area contributed by atoms with Crippen LogP contribution >= 0.6 is 0 Å². The highest BCUT2D eigenvalue weighted by Gasteiger charge is 2.41. The number of nitrogens with zero attached hydrogens (tertiary/aromatic N) is 3. The van der Waals surface area contributed by atoms with E-state index in [2.05, 4.69) is 14.8 Å². The minimum atomic E-state index is -4.87. The van der Waals surface area contributed by atoms with E-state index < -0.39 is 29.2 Å². The third-order valence-corrected chi connectivity index (χ3v) is 3.43. The first-order chi connectivity index (χ1) is 11.8. The lowest BCUT2D eigenvalue weighted by Gasteiger charge is -2.14. The van der Waals surface area contributed by atoms with Crippen LogP contribution in [0, 0.1) is 5.82 Å². The summed E-state index contributed by atoms with van der Waals surface area (Å²) in [7, 11) is 0. The molecule has 0 saturated heterocycles. The summed E-state index contributed by atoms with van der Waals surface area (Å²) in [5.41, 5.74) is -1.76. The maximum Gasteiger partial charge on any atom is 0.434 e. The predicted octanol–water partition coefficient (Wildman–Crippen LogP) is 3.76. The zero-order valence-corrected chi connectivity index (χ0v) is 12.8. The minimum absolute atomic E-state index is 0.0487. The van der Waals surface area contributed by atoms with E-state index in [1.54, 1.807) is 0 Å². The van der Waals surface area contributed by atoms with Gasteiger partial charge in [-0.25, -0.2) is 13.9 Å². The van der Waals surface area contributed by atoms with Crippen LogP contribution in [-0.2, 0) is 10.9 Å². The number of hydrogen-bond acceptors (Lipinski definition) is 4. The summed E-state index contributed by atoms with van der Waals surface area (Å²) in [6, 6.07) is 5.39. The van der Waals surface area contributed by atoms with Crippen molar-refractivity contribution in [2.45, 2.75) is 13.1 Å². The van der Waals surface area contributed by atoms with Gasteiger partial charge in [0.2, 0.25) is 0 Å². The van der Waals surface area contributed by atoms with E-state index in [-0.39, 0.29) is 17.7 Å². The van der Waals surface area contributed by atoms with Gasteiger partial charge in [-0.15, -0.1) is 0 Å². The van der Waals surface area contributed by atoms with Gasteiger partial charge in [0.15, 0.2) is 5.69 Å². The summed E-state index contributed by atoms with van der Waals surface area (Å²) in [5.74, 6) is -1.84. The minimum Gasteiger partial charge on any atom is -0.462 e. The Hall–Kier alpha value is -2.97. The highest BCUT2D eigenvalue weighted by molar-refractivity contribution is 5.92. The van der Waals surface area contributed by atoms with Crippen LogP contribution in [0.3, 0.4) is 0 Å². The zero-order valence-electron chi connectivity index (χ0n) is 12.8. The molecule has 0 N–H and O–H groups in total. The van der Waals surface area contributed by atoms with Crippen LogP contribution in [0.1, 0.15) is 23.0 Å². The van der Waals surface area contributed by atoms with Crippen LogP contribution < -0.4 is 0 Å². The smallest absolute Gasteiger partial charge is 0.434 e. The molecule has 0 fully saturated rings. The second kappa shape index (κ2) is 6.15. The first-order valence-corrected chi connectivity index (χ1v) is 7.20. The van der Waals surface area contributed by atoms with Gasteiger partial charge in [-0.05, 0) is 25.1 Å². The van der Waals surface area contributed by atoms with Gasteiger partial charge in [-0.2, -0.15) is 18.3 Å². The Kier molecular flexibility index (Phi) is 4.15. The molecule has 2 heterocycles. The second-order valence-electron chi connectivity index (χ2n) is 5.03. The fourth-order valence-corrected chi connectivity index (χ4v) is 2.45. The molecule has 2 aromatic heterocycles. The van der Waals surface area contributed by atoms with Crippen molar-refractivity contribution in [3.05, 3.63) is 53.7 Å². The van der Waals surface area contributed by atoms with E-state index in [0.29, 0.717) is 10.2 Å². The second-order valence-corrected chi connectivity index (χ2v) is 5.03. The number of fused-ring (bicyclic) bond motifs is 1. The fourth-order valence-electron chi connectivity index (χ4n) is 2.45. The first kappa shape index (κ1) is 16.9. The van der Waals surface area contributed by atoms with Crippen molar-refractivity contribution >= 4 is 16.9 Å². The highest BCUT2D eigenvalue weighted by Crippen LogP contribution is 2.35. The summed E-state index contributed by atoms with van der Waals surface area (Å²) in [6.45, 7) is 1.40. The fraction of sp³-hybridized carbons (Fsp3) is 0.188. The molecule has 5 nitrogen and oxygen atoms in total. The van der Waals surface area contributed by atoms with Gasteiger partial charge in [0.05, 0.1) is 30.2 Å². The molecule has 130 valence electrons. The quantitative estimate of drug-likeness (QED) is 0.531. The molecular formula is C16H11F4N3O2. The van der Waals surface area contributed by atoms with E-state index >= 15 is 0 Å². The van der Waals surface area contributed by atoms with Crippen molar-refractivity contribution in [2.75, 3.05) is 6.61 Å². The number of benzene rings is 1. The number of pyridine rings is 1. The molecule has 0 unspecified atom stereocenters. The molecule has 0 aliphatic rings. The Balaban J connectivity index is 2.28. The van der Waals surface area contributed by atoms with Crippen LogP contribution in [0.15, 0.2) is 36.7 Å². The van der Waals surface area contributed by atoms with E-state index in [1.165, 1.54) is 25.1 Å². The summed E-state index contributed by atoms with van der Waals surface area (Å²) < 4.78 is 59.4. The molecule has 3 rings (SSSR count). The zero-order chi connectivity index (χ0) is 18.2. The highest BCUT2D eigenvalue weighted by atomic mass is 19.4. The number of alkyl halides is 3. The number of halogens is 4. The monoisotopic (exact) mass is 353 g/mol. The Morgan fingerprint density at radius 1 is 1.28 bits per heavy atom. The Bertz CT molecular complexity index is 950. The van der Waals surface area contributed by atoms with Crippen molar-refractivity contribution in [3.8, 4) is 5.69 Å². The molecule has 9 heteroatoms. The summed E-state index contributed by atoms with van der Waals surface area (Å²) in [5, 5.41) is 3.81. The number of carbonyl (C=O) groups excluding carboxylic acids is 1. The Labute approximate surface area is 138 Å². The van der Waals surface area contributed by atoms with E-state index in [9.17, 15) is 22.4 Å².